The first-order valence-electron chi connectivity index (χ1n) is 6.64. The minimum Gasteiger partial charge on any atom is -0.272 e. The Balaban J connectivity index is 2.30. The summed E-state index contributed by atoms with van der Waals surface area (Å²) < 4.78 is 31.0. The smallest absolute Gasteiger partial charge is 0.244 e. The van der Waals surface area contributed by atoms with Crippen LogP contribution in [0.25, 0.3) is 0 Å². The monoisotopic (exact) mass is 311 g/mol. The summed E-state index contributed by atoms with van der Waals surface area (Å²) in [6.07, 6.45) is 0. The molecule has 116 valence electrons. The van der Waals surface area contributed by atoms with Crippen LogP contribution in [0, 0.1) is 27.7 Å². The summed E-state index contributed by atoms with van der Waals surface area (Å²) in [7, 11) is -0.0177. The lowest BCUT2D eigenvalue weighted by atomic mass is 10.2. The van der Waals surface area contributed by atoms with Gasteiger partial charge in [0, 0.05) is 31.9 Å². The lowest BCUT2D eigenvalue weighted by Crippen LogP contribution is -2.25. The molecule has 0 aromatic carbocycles. The van der Waals surface area contributed by atoms with Crippen LogP contribution in [0.15, 0.2) is 4.90 Å². The van der Waals surface area contributed by atoms with Crippen molar-refractivity contribution in [3.63, 3.8) is 0 Å². The quantitative estimate of drug-likeness (QED) is 0.908. The van der Waals surface area contributed by atoms with Gasteiger partial charge in [-0.05, 0) is 27.7 Å². The van der Waals surface area contributed by atoms with Crippen LogP contribution in [-0.2, 0) is 30.7 Å². The highest BCUT2D eigenvalue weighted by Gasteiger charge is 2.24. The van der Waals surface area contributed by atoms with Crippen LogP contribution in [-0.4, -0.2) is 28.0 Å². The summed E-state index contributed by atoms with van der Waals surface area (Å²) in [5.41, 5.74) is 3.81. The fraction of sp³-hybridized carbons (Fsp3) is 0.538. The predicted octanol–water partition coefficient (Wildman–Crippen LogP) is 0.866. The van der Waals surface area contributed by atoms with Gasteiger partial charge in [0.1, 0.15) is 4.90 Å². The van der Waals surface area contributed by atoms with E-state index in [9.17, 15) is 8.42 Å². The zero-order valence-electron chi connectivity index (χ0n) is 13.2. The topological polar surface area (TPSA) is 81.8 Å². The van der Waals surface area contributed by atoms with E-state index in [0.717, 1.165) is 17.0 Å². The van der Waals surface area contributed by atoms with Crippen LogP contribution < -0.4 is 4.72 Å². The molecule has 0 saturated heterocycles. The number of rotatable bonds is 4. The largest absolute Gasteiger partial charge is 0.272 e. The van der Waals surface area contributed by atoms with Gasteiger partial charge in [0.15, 0.2) is 0 Å². The third-order valence-corrected chi connectivity index (χ3v) is 5.46. The number of hydrogen-bond acceptors (Lipinski definition) is 4. The molecule has 0 atom stereocenters. The standard InChI is InChI=1S/C13H21N5O2S/c1-8-12(10(3)17(5)15-8)7-14-21(19,20)13-9(2)16-18(6)11(13)4/h14H,7H2,1-6H3. The Morgan fingerprint density at radius 3 is 1.90 bits per heavy atom. The maximum absolute atomic E-state index is 12.5. The first kappa shape index (κ1) is 15.7. The van der Waals surface area contributed by atoms with E-state index < -0.39 is 10.0 Å². The predicted molar refractivity (Wildman–Crippen MR) is 79.4 cm³/mol. The van der Waals surface area contributed by atoms with E-state index in [2.05, 4.69) is 14.9 Å². The van der Waals surface area contributed by atoms with E-state index in [0.29, 0.717) is 11.4 Å². The van der Waals surface area contributed by atoms with Gasteiger partial charge in [-0.25, -0.2) is 13.1 Å². The molecule has 21 heavy (non-hydrogen) atoms. The Morgan fingerprint density at radius 1 is 0.952 bits per heavy atom. The second-order valence-electron chi connectivity index (χ2n) is 5.22. The second kappa shape index (κ2) is 5.27. The molecular formula is C13H21N5O2S. The van der Waals surface area contributed by atoms with Crippen LogP contribution in [0.5, 0.6) is 0 Å². The Hall–Kier alpha value is -1.67. The summed E-state index contributed by atoms with van der Waals surface area (Å²) in [6.45, 7) is 7.46. The molecule has 0 bridgehead atoms. The van der Waals surface area contributed by atoms with Gasteiger partial charge in [0.25, 0.3) is 0 Å². The van der Waals surface area contributed by atoms with Gasteiger partial charge < -0.3 is 0 Å². The highest BCUT2D eigenvalue weighted by atomic mass is 32.2. The molecule has 0 radical (unpaired) electrons. The van der Waals surface area contributed by atoms with Crippen LogP contribution >= 0.6 is 0 Å². The molecule has 2 aromatic heterocycles. The van der Waals surface area contributed by atoms with Crippen molar-refractivity contribution >= 4 is 10.0 Å². The molecular weight excluding hydrogens is 290 g/mol. The SMILES string of the molecule is Cc1nn(C)c(C)c1CNS(=O)(=O)c1c(C)nn(C)c1C. The van der Waals surface area contributed by atoms with E-state index in [1.807, 2.05) is 20.9 Å². The number of aromatic nitrogens is 4. The third kappa shape index (κ3) is 2.73. The van der Waals surface area contributed by atoms with Crippen molar-refractivity contribution in [3.8, 4) is 0 Å². The van der Waals surface area contributed by atoms with Crippen LogP contribution in [0.4, 0.5) is 0 Å². The van der Waals surface area contributed by atoms with Gasteiger partial charge in [-0.1, -0.05) is 0 Å². The minimum absolute atomic E-state index is 0.224. The molecule has 7 nitrogen and oxygen atoms in total. The minimum atomic E-state index is -3.59. The van der Waals surface area contributed by atoms with Crippen LogP contribution in [0.1, 0.15) is 28.3 Å². The van der Waals surface area contributed by atoms with E-state index in [1.54, 1.807) is 30.3 Å². The number of aryl methyl sites for hydroxylation is 4. The average molecular weight is 311 g/mol. The van der Waals surface area contributed by atoms with Crippen molar-refractivity contribution in [1.29, 1.82) is 0 Å². The van der Waals surface area contributed by atoms with E-state index in [1.165, 1.54) is 0 Å². The van der Waals surface area contributed by atoms with Gasteiger partial charge in [-0.2, -0.15) is 10.2 Å². The summed E-state index contributed by atoms with van der Waals surface area (Å²) in [4.78, 5) is 0.254. The zero-order chi connectivity index (χ0) is 15.9. The van der Waals surface area contributed by atoms with E-state index in [-0.39, 0.29) is 11.4 Å². The number of sulfonamides is 1. The van der Waals surface area contributed by atoms with Crippen molar-refractivity contribution < 1.29 is 8.42 Å². The first-order chi connectivity index (χ1) is 9.65. The maximum atomic E-state index is 12.5. The highest BCUT2D eigenvalue weighted by molar-refractivity contribution is 7.89. The molecule has 0 amide bonds. The number of hydrogen-bond donors (Lipinski definition) is 1. The summed E-state index contributed by atoms with van der Waals surface area (Å²) in [6, 6.07) is 0. The Morgan fingerprint density at radius 2 is 1.48 bits per heavy atom. The van der Waals surface area contributed by atoms with Crippen LogP contribution in [0.3, 0.4) is 0 Å². The molecule has 0 aliphatic carbocycles. The fourth-order valence-electron chi connectivity index (χ4n) is 2.46. The van der Waals surface area contributed by atoms with Crippen molar-refractivity contribution in [2.45, 2.75) is 39.1 Å². The summed E-state index contributed by atoms with van der Waals surface area (Å²) in [5.74, 6) is 0. The van der Waals surface area contributed by atoms with Gasteiger partial charge >= 0.3 is 0 Å². The van der Waals surface area contributed by atoms with Gasteiger partial charge in [0.2, 0.25) is 10.0 Å². The molecule has 1 N–H and O–H groups in total. The van der Waals surface area contributed by atoms with Gasteiger partial charge in [-0.3, -0.25) is 9.36 Å². The second-order valence-corrected chi connectivity index (χ2v) is 6.92. The molecule has 8 heteroatoms. The van der Waals surface area contributed by atoms with Gasteiger partial charge in [-0.15, -0.1) is 0 Å². The molecule has 0 unspecified atom stereocenters. The lowest BCUT2D eigenvalue weighted by molar-refractivity contribution is 0.579. The average Bonchev–Trinajstić information content (AvgIpc) is 2.75. The summed E-state index contributed by atoms with van der Waals surface area (Å²) >= 11 is 0. The molecule has 0 saturated carbocycles. The summed E-state index contributed by atoms with van der Waals surface area (Å²) in [5, 5.41) is 8.44. The zero-order valence-corrected chi connectivity index (χ0v) is 14.0. The van der Waals surface area contributed by atoms with E-state index in [4.69, 9.17) is 0 Å². The fourth-order valence-corrected chi connectivity index (χ4v) is 3.89. The van der Waals surface area contributed by atoms with Crippen molar-refractivity contribution in [2.75, 3.05) is 0 Å². The highest BCUT2D eigenvalue weighted by Crippen LogP contribution is 2.19. The molecule has 0 fully saturated rings. The number of nitrogens with one attached hydrogen (secondary N) is 1. The molecule has 0 aliphatic heterocycles. The van der Waals surface area contributed by atoms with Crippen molar-refractivity contribution in [2.24, 2.45) is 14.1 Å². The Kier molecular flexibility index (Phi) is 3.94. The molecule has 0 aliphatic rings. The van der Waals surface area contributed by atoms with E-state index >= 15 is 0 Å². The van der Waals surface area contributed by atoms with Gasteiger partial charge in [0.05, 0.1) is 17.1 Å². The molecule has 2 rings (SSSR count). The molecule has 2 aromatic rings. The Bertz CT molecular complexity index is 786. The molecule has 2 heterocycles. The van der Waals surface area contributed by atoms with Crippen molar-refractivity contribution in [3.05, 3.63) is 28.3 Å². The lowest BCUT2D eigenvalue weighted by Gasteiger charge is -2.08. The first-order valence-corrected chi connectivity index (χ1v) is 8.12. The molecule has 0 spiro atoms. The number of nitrogens with zero attached hydrogens (tertiary/aromatic N) is 4. The normalized spacial score (nSPS) is 12.1. The maximum Gasteiger partial charge on any atom is 0.244 e. The Labute approximate surface area is 125 Å². The third-order valence-electron chi connectivity index (χ3n) is 3.81. The van der Waals surface area contributed by atoms with Crippen LogP contribution in [0.2, 0.25) is 0 Å². The van der Waals surface area contributed by atoms with Crippen molar-refractivity contribution in [1.82, 2.24) is 24.3 Å².